The Balaban J connectivity index is 1.99. The first-order valence-corrected chi connectivity index (χ1v) is 8.49. The number of likely N-dealkylation sites (tertiary alicyclic amines) is 1. The van der Waals surface area contributed by atoms with Gasteiger partial charge in [-0.05, 0) is 37.6 Å². The van der Waals surface area contributed by atoms with E-state index in [2.05, 4.69) is 9.62 Å². The van der Waals surface area contributed by atoms with Gasteiger partial charge in [0.2, 0.25) is 10.0 Å². The van der Waals surface area contributed by atoms with Crippen LogP contribution in [0.2, 0.25) is 0 Å². The minimum absolute atomic E-state index is 0.0310. The third kappa shape index (κ3) is 4.74. The summed E-state index contributed by atoms with van der Waals surface area (Å²) in [5.41, 5.74) is 0. The number of sulfonamides is 1. The van der Waals surface area contributed by atoms with Gasteiger partial charge in [0.05, 0.1) is 11.5 Å². The average molecular weight is 316 g/mol. The smallest absolute Gasteiger partial charge is 0.240 e. The maximum atomic E-state index is 13.2. The lowest BCUT2D eigenvalue weighted by molar-refractivity contribution is 0.126. The lowest BCUT2D eigenvalue weighted by atomic mass is 10.1. The van der Waals surface area contributed by atoms with Crippen LogP contribution in [0.25, 0.3) is 0 Å². The van der Waals surface area contributed by atoms with Gasteiger partial charge in [0.15, 0.2) is 0 Å². The molecule has 0 aromatic heterocycles. The molecule has 0 unspecified atom stereocenters. The Kier molecular flexibility index (Phi) is 5.69. The quantitative estimate of drug-likeness (QED) is 0.857. The summed E-state index contributed by atoms with van der Waals surface area (Å²) in [6, 6.07) is 4.91. The minimum atomic E-state index is -3.67. The third-order valence-corrected chi connectivity index (χ3v) is 5.06. The van der Waals surface area contributed by atoms with Crippen molar-refractivity contribution in [3.63, 3.8) is 0 Å². The van der Waals surface area contributed by atoms with E-state index in [4.69, 9.17) is 4.74 Å². The number of benzene rings is 1. The monoisotopic (exact) mass is 316 g/mol. The maximum Gasteiger partial charge on any atom is 0.240 e. The number of hydrogen-bond donors (Lipinski definition) is 1. The molecule has 1 aromatic rings. The largest absolute Gasteiger partial charge is 0.383 e. The maximum absolute atomic E-state index is 13.2. The van der Waals surface area contributed by atoms with Crippen LogP contribution < -0.4 is 4.72 Å². The molecular formula is C14H21FN2O3S. The Morgan fingerprint density at radius 2 is 2.29 bits per heavy atom. The van der Waals surface area contributed by atoms with Crippen molar-refractivity contribution >= 4 is 10.0 Å². The van der Waals surface area contributed by atoms with Crippen LogP contribution in [0.1, 0.15) is 12.8 Å². The predicted octanol–water partition coefficient (Wildman–Crippen LogP) is 1.21. The molecule has 0 bridgehead atoms. The summed E-state index contributed by atoms with van der Waals surface area (Å²) >= 11 is 0. The molecule has 7 heteroatoms. The van der Waals surface area contributed by atoms with Gasteiger partial charge >= 0.3 is 0 Å². The average Bonchev–Trinajstić information content (AvgIpc) is 2.45. The van der Waals surface area contributed by atoms with Crippen molar-refractivity contribution in [3.05, 3.63) is 30.1 Å². The van der Waals surface area contributed by atoms with Crippen molar-refractivity contribution < 1.29 is 17.5 Å². The minimum Gasteiger partial charge on any atom is -0.383 e. The van der Waals surface area contributed by atoms with E-state index in [0.717, 1.165) is 32.0 Å². The number of methoxy groups -OCH3 is 1. The number of nitrogens with one attached hydrogen (secondary N) is 1. The molecule has 1 fully saturated rings. The second-order valence-corrected chi connectivity index (χ2v) is 6.93. The molecule has 1 aliphatic rings. The Morgan fingerprint density at radius 3 is 3.00 bits per heavy atom. The molecule has 1 aliphatic heterocycles. The molecule has 1 heterocycles. The van der Waals surface area contributed by atoms with E-state index in [1.165, 1.54) is 18.2 Å². The van der Waals surface area contributed by atoms with Crippen molar-refractivity contribution in [2.75, 3.05) is 33.4 Å². The van der Waals surface area contributed by atoms with Gasteiger partial charge in [-0.1, -0.05) is 6.07 Å². The zero-order valence-electron chi connectivity index (χ0n) is 12.1. The molecule has 5 nitrogen and oxygen atoms in total. The van der Waals surface area contributed by atoms with E-state index in [1.54, 1.807) is 7.11 Å². The van der Waals surface area contributed by atoms with Gasteiger partial charge in [-0.25, -0.2) is 17.5 Å². The summed E-state index contributed by atoms with van der Waals surface area (Å²) in [5, 5.41) is 0. The van der Waals surface area contributed by atoms with Crippen LogP contribution in [-0.4, -0.2) is 52.7 Å². The molecule has 2 rings (SSSR count). The van der Waals surface area contributed by atoms with Gasteiger partial charge in [-0.15, -0.1) is 0 Å². The Labute approximate surface area is 125 Å². The number of nitrogens with zero attached hydrogens (tertiary/aromatic N) is 1. The van der Waals surface area contributed by atoms with Crippen LogP contribution in [0.15, 0.2) is 29.2 Å². The lowest BCUT2D eigenvalue weighted by Crippen LogP contribution is -2.48. The molecule has 1 N–H and O–H groups in total. The van der Waals surface area contributed by atoms with Gasteiger partial charge in [0.25, 0.3) is 0 Å². The molecule has 1 saturated heterocycles. The van der Waals surface area contributed by atoms with Crippen molar-refractivity contribution in [1.82, 2.24) is 9.62 Å². The fourth-order valence-corrected chi connectivity index (χ4v) is 3.79. The van der Waals surface area contributed by atoms with E-state index in [0.29, 0.717) is 13.2 Å². The molecule has 118 valence electrons. The second-order valence-electron chi connectivity index (χ2n) is 5.21. The van der Waals surface area contributed by atoms with Crippen molar-refractivity contribution in [3.8, 4) is 0 Å². The molecule has 0 amide bonds. The van der Waals surface area contributed by atoms with E-state index in [-0.39, 0.29) is 10.9 Å². The standard InChI is InChI=1S/C14H21FN2O3S/c1-20-9-8-17-7-3-5-13(11-17)16-21(18,19)14-6-2-4-12(15)10-14/h2,4,6,10,13,16H,3,5,7-9,11H2,1H3/t13-/m0/s1. The fraction of sp³-hybridized carbons (Fsp3) is 0.571. The Hall–Kier alpha value is -1.02. The molecule has 1 atom stereocenters. The van der Waals surface area contributed by atoms with Gasteiger partial charge in [0, 0.05) is 26.2 Å². The topological polar surface area (TPSA) is 58.6 Å². The molecule has 1 aromatic carbocycles. The SMILES string of the molecule is COCCN1CCC[C@H](NS(=O)(=O)c2cccc(F)c2)C1. The van der Waals surface area contributed by atoms with Gasteiger partial charge < -0.3 is 4.74 Å². The highest BCUT2D eigenvalue weighted by molar-refractivity contribution is 7.89. The Morgan fingerprint density at radius 1 is 1.48 bits per heavy atom. The number of ether oxygens (including phenoxy) is 1. The Bertz CT molecular complexity index is 565. The third-order valence-electron chi connectivity index (χ3n) is 3.55. The molecule has 0 radical (unpaired) electrons. The summed E-state index contributed by atoms with van der Waals surface area (Å²) < 4.78 is 45.4. The summed E-state index contributed by atoms with van der Waals surface area (Å²) in [7, 11) is -2.03. The first-order chi connectivity index (χ1) is 10.0. The van der Waals surface area contributed by atoms with Crippen LogP contribution in [0.5, 0.6) is 0 Å². The van der Waals surface area contributed by atoms with Crippen LogP contribution in [0.4, 0.5) is 4.39 Å². The zero-order chi connectivity index (χ0) is 15.3. The van der Waals surface area contributed by atoms with E-state index < -0.39 is 15.8 Å². The number of hydrogen-bond acceptors (Lipinski definition) is 4. The highest BCUT2D eigenvalue weighted by Gasteiger charge is 2.25. The number of halogens is 1. The van der Waals surface area contributed by atoms with Crippen LogP contribution in [-0.2, 0) is 14.8 Å². The molecule has 21 heavy (non-hydrogen) atoms. The zero-order valence-corrected chi connectivity index (χ0v) is 12.9. The highest BCUT2D eigenvalue weighted by atomic mass is 32.2. The van der Waals surface area contributed by atoms with Crippen LogP contribution in [0.3, 0.4) is 0 Å². The normalized spacial score (nSPS) is 20.6. The number of piperidine rings is 1. The van der Waals surface area contributed by atoms with Crippen molar-refractivity contribution in [1.29, 1.82) is 0 Å². The number of rotatable bonds is 6. The summed E-state index contributed by atoms with van der Waals surface area (Å²) in [6.45, 7) is 3.01. The van der Waals surface area contributed by atoms with Crippen molar-refractivity contribution in [2.24, 2.45) is 0 Å². The molecule has 0 saturated carbocycles. The first kappa shape index (κ1) is 16.4. The first-order valence-electron chi connectivity index (χ1n) is 7.00. The summed E-state index contributed by atoms with van der Waals surface area (Å²) in [6.07, 6.45) is 1.72. The van der Waals surface area contributed by atoms with E-state index in [1.807, 2.05) is 0 Å². The van der Waals surface area contributed by atoms with E-state index >= 15 is 0 Å². The predicted molar refractivity (Wildman–Crippen MR) is 78.1 cm³/mol. The fourth-order valence-electron chi connectivity index (χ4n) is 2.50. The lowest BCUT2D eigenvalue weighted by Gasteiger charge is -2.32. The molecule has 0 aliphatic carbocycles. The van der Waals surface area contributed by atoms with E-state index in [9.17, 15) is 12.8 Å². The second kappa shape index (κ2) is 7.31. The van der Waals surface area contributed by atoms with Crippen LogP contribution in [0, 0.1) is 5.82 Å². The van der Waals surface area contributed by atoms with Crippen LogP contribution >= 0.6 is 0 Å². The van der Waals surface area contributed by atoms with Gasteiger partial charge in [-0.2, -0.15) is 0 Å². The molecule has 0 spiro atoms. The van der Waals surface area contributed by atoms with Crippen molar-refractivity contribution in [2.45, 2.75) is 23.8 Å². The summed E-state index contributed by atoms with van der Waals surface area (Å²) in [4.78, 5) is 2.14. The van der Waals surface area contributed by atoms with Gasteiger partial charge in [0.1, 0.15) is 5.82 Å². The van der Waals surface area contributed by atoms with Gasteiger partial charge in [-0.3, -0.25) is 4.90 Å². The highest BCUT2D eigenvalue weighted by Crippen LogP contribution is 2.15. The molecular weight excluding hydrogens is 295 g/mol. The summed E-state index contributed by atoms with van der Waals surface area (Å²) in [5.74, 6) is -0.553.